The van der Waals surface area contributed by atoms with Crippen LogP contribution < -0.4 is 5.73 Å². The molecule has 3 aromatic heterocycles. The number of rotatable bonds is 11. The van der Waals surface area contributed by atoms with E-state index in [1.807, 2.05) is 48.8 Å². The summed E-state index contributed by atoms with van der Waals surface area (Å²) in [6.07, 6.45) is 9.56. The molecule has 2 atom stereocenters. The number of piperidine rings is 2. The van der Waals surface area contributed by atoms with E-state index in [0.717, 1.165) is 98.1 Å². The van der Waals surface area contributed by atoms with Gasteiger partial charge in [0, 0.05) is 96.3 Å². The Balaban J connectivity index is 0.000000185. The Labute approximate surface area is 439 Å². The van der Waals surface area contributed by atoms with E-state index in [4.69, 9.17) is 29.9 Å². The smallest absolute Gasteiger partial charge is 0.230 e. The van der Waals surface area contributed by atoms with Crippen LogP contribution in [-0.4, -0.2) is 142 Å². The molecule has 0 amide bonds. The Morgan fingerprint density at radius 2 is 1.11 bits per heavy atom. The molecule has 3 aliphatic heterocycles. The van der Waals surface area contributed by atoms with Crippen LogP contribution in [0.2, 0.25) is 0 Å². The Morgan fingerprint density at radius 1 is 0.640 bits per heavy atom. The first-order valence-corrected chi connectivity index (χ1v) is 25.2. The number of carbonyl (C=O) groups is 3. The number of fused-ring (bicyclic) bond motifs is 2. The second-order valence-electron chi connectivity index (χ2n) is 19.3. The van der Waals surface area contributed by atoms with Gasteiger partial charge in [0.25, 0.3) is 0 Å². The number of ether oxygens (including phenoxy) is 3. The molecule has 4 aromatic carbocycles. The predicted octanol–water partition coefficient (Wildman–Crippen LogP) is 9.90. The highest BCUT2D eigenvalue weighted by Crippen LogP contribution is 2.36. The minimum absolute atomic E-state index is 0. The van der Waals surface area contributed by atoms with Crippen molar-refractivity contribution in [2.45, 2.75) is 91.4 Å². The molecule has 16 heteroatoms. The van der Waals surface area contributed by atoms with E-state index in [0.29, 0.717) is 44.6 Å². The topological polar surface area (TPSA) is 202 Å². The average molecular weight is 1020 g/mol. The van der Waals surface area contributed by atoms with Crippen molar-refractivity contribution in [3.63, 3.8) is 0 Å². The fourth-order valence-corrected chi connectivity index (χ4v) is 9.73. The lowest BCUT2D eigenvalue weighted by Gasteiger charge is -2.27. The van der Waals surface area contributed by atoms with Gasteiger partial charge in [-0.3, -0.25) is 28.9 Å². The maximum absolute atomic E-state index is 12.4. The number of carbonyl (C=O) groups excluding carboxylic acids is 3. The number of aromatic hydroxyl groups is 2. The summed E-state index contributed by atoms with van der Waals surface area (Å²) < 4.78 is 18.4. The van der Waals surface area contributed by atoms with Crippen molar-refractivity contribution in [3.8, 4) is 17.4 Å². The molecule has 2 unspecified atom stereocenters. The SMILES string of the molecule is C.CC(=O)c1ccc2[nH]c(O)c(C(=NC3CCN(C)CC3)c3ccc(-n4cccc4)cc3)c2c1.CC(=O)c1ccc2c(c1)c(C(=NC1CCN(C)CC1)c1ccc(N)cc1)c(O)n2C(C)=O.COC1CCC(OC)O1. The number of aromatic nitrogens is 3. The minimum atomic E-state index is -0.315. The summed E-state index contributed by atoms with van der Waals surface area (Å²) >= 11 is 0. The number of hydrogen-bond acceptors (Lipinski definition) is 13. The van der Waals surface area contributed by atoms with Crippen LogP contribution in [0.3, 0.4) is 0 Å². The van der Waals surface area contributed by atoms with Crippen molar-refractivity contribution in [2.75, 3.05) is 60.2 Å². The largest absolute Gasteiger partial charge is 0.494 e. The standard InChI is InChI=1S/C27H28N4O2.C25H28N4O3.C6H12O3.CH4/c1-18(32)20-7-10-24-23(17-20)25(27(33)29-24)26(28-21-11-15-30(2)16-12-21)19-5-8-22(9-6-19)31-13-3-4-14-31;1-15(30)18-6-9-22-21(14-18)23(25(32)29(22)16(2)31)24(17-4-7-19(26)8-5-17)27-20-10-12-28(3)13-11-20;1-7-5-3-4-6(8-2)9-5;/h3-10,13-14,17,21,29,33H,11-12,15-16H2,1-2H3;4-9,14,20,32H,10-13,26H2,1-3H3;5-6H,3-4H2,1-2H3;1H4. The first-order valence-electron chi connectivity index (χ1n) is 25.2. The molecule has 75 heavy (non-hydrogen) atoms. The maximum atomic E-state index is 12.4. The number of aromatic amines is 1. The van der Waals surface area contributed by atoms with E-state index in [2.05, 4.69) is 57.7 Å². The van der Waals surface area contributed by atoms with E-state index >= 15 is 0 Å². The lowest BCUT2D eigenvalue weighted by Crippen LogP contribution is -2.32. The first-order chi connectivity index (χ1) is 35.6. The first kappa shape index (κ1) is 55.5. The van der Waals surface area contributed by atoms with E-state index < -0.39 is 0 Å². The van der Waals surface area contributed by atoms with Gasteiger partial charge in [-0.1, -0.05) is 31.7 Å². The molecular weight excluding hydrogens is 949 g/mol. The molecule has 0 saturated carbocycles. The molecule has 3 saturated heterocycles. The number of Topliss-reactive ketones (excluding diaryl/α,β-unsaturated/α-hetero) is 2. The monoisotopic (exact) mass is 1020 g/mol. The molecule has 0 spiro atoms. The van der Waals surface area contributed by atoms with Gasteiger partial charge in [-0.25, -0.2) is 0 Å². The third kappa shape index (κ3) is 13.0. The molecule has 7 aromatic rings. The second kappa shape index (κ2) is 24.9. The zero-order valence-electron chi connectivity index (χ0n) is 43.4. The van der Waals surface area contributed by atoms with Crippen LogP contribution in [-0.2, 0) is 14.2 Å². The van der Waals surface area contributed by atoms with Crippen LogP contribution in [0.1, 0.15) is 114 Å². The molecule has 3 fully saturated rings. The number of hydrogen-bond donors (Lipinski definition) is 4. The summed E-state index contributed by atoms with van der Waals surface area (Å²) in [5.74, 6) is -0.503. The molecule has 6 heterocycles. The summed E-state index contributed by atoms with van der Waals surface area (Å²) in [5, 5.41) is 23.6. The zero-order valence-corrected chi connectivity index (χ0v) is 43.4. The van der Waals surface area contributed by atoms with E-state index in [-0.39, 0.29) is 61.3 Å². The number of ketones is 2. The van der Waals surface area contributed by atoms with Gasteiger partial charge in [0.15, 0.2) is 30.0 Å². The fourth-order valence-electron chi connectivity index (χ4n) is 9.73. The summed E-state index contributed by atoms with van der Waals surface area (Å²) in [5.41, 5.74) is 14.2. The molecule has 0 bridgehead atoms. The maximum Gasteiger partial charge on any atom is 0.230 e. The van der Waals surface area contributed by atoms with Crippen molar-refractivity contribution < 1.29 is 38.8 Å². The van der Waals surface area contributed by atoms with Crippen LogP contribution in [0, 0.1) is 0 Å². The molecule has 3 aliphatic rings. The van der Waals surface area contributed by atoms with Crippen LogP contribution in [0.5, 0.6) is 11.8 Å². The Morgan fingerprint density at radius 3 is 1.59 bits per heavy atom. The van der Waals surface area contributed by atoms with Crippen LogP contribution in [0.4, 0.5) is 5.69 Å². The Bertz CT molecular complexity index is 3130. The number of benzene rings is 4. The number of aliphatic imine (C=N–C) groups is 2. The quantitative estimate of drug-likeness (QED) is 0.0546. The lowest BCUT2D eigenvalue weighted by atomic mass is 9.97. The van der Waals surface area contributed by atoms with E-state index in [1.54, 1.807) is 57.5 Å². The summed E-state index contributed by atoms with van der Waals surface area (Å²) in [6.45, 7) is 8.35. The van der Waals surface area contributed by atoms with Crippen LogP contribution >= 0.6 is 0 Å². The van der Waals surface area contributed by atoms with E-state index in [1.165, 1.54) is 18.4 Å². The predicted molar refractivity (Wildman–Crippen MR) is 297 cm³/mol. The van der Waals surface area contributed by atoms with E-state index in [9.17, 15) is 24.6 Å². The van der Waals surface area contributed by atoms with Crippen molar-refractivity contribution in [1.29, 1.82) is 0 Å². The molecule has 0 radical (unpaired) electrons. The molecule has 0 aliphatic carbocycles. The molecule has 16 nitrogen and oxygen atoms in total. The average Bonchev–Trinajstić information content (AvgIpc) is 4.22. The minimum Gasteiger partial charge on any atom is -0.494 e. The second-order valence-corrected chi connectivity index (χ2v) is 19.3. The van der Waals surface area contributed by atoms with Gasteiger partial charge >= 0.3 is 0 Å². The molecule has 10 rings (SSSR count). The number of nitrogens with one attached hydrogen (secondary N) is 1. The fraction of sp³-hybridized carbons (Fsp3) is 0.373. The van der Waals surface area contributed by atoms with Crippen LogP contribution in [0.15, 0.2) is 119 Å². The van der Waals surface area contributed by atoms with Gasteiger partial charge in [-0.05, 0) is 153 Å². The van der Waals surface area contributed by atoms with Crippen LogP contribution in [0.25, 0.3) is 27.5 Å². The van der Waals surface area contributed by atoms with Gasteiger partial charge in [-0.15, -0.1) is 0 Å². The third-order valence-corrected chi connectivity index (χ3v) is 14.0. The highest BCUT2D eigenvalue weighted by Gasteiger charge is 2.28. The number of methoxy groups -OCH3 is 2. The van der Waals surface area contributed by atoms with Crippen molar-refractivity contribution >= 4 is 56.4 Å². The van der Waals surface area contributed by atoms with Gasteiger partial charge in [0.1, 0.15) is 0 Å². The number of likely N-dealkylation sites (tertiary alicyclic amines) is 2. The number of nitrogens with two attached hydrogens (primary N) is 1. The Kier molecular flexibility index (Phi) is 18.4. The summed E-state index contributed by atoms with van der Waals surface area (Å²) in [7, 11) is 7.51. The highest BCUT2D eigenvalue weighted by molar-refractivity contribution is 6.23. The third-order valence-electron chi connectivity index (χ3n) is 14.0. The van der Waals surface area contributed by atoms with Crippen molar-refractivity contribution in [3.05, 3.63) is 143 Å². The van der Waals surface area contributed by atoms with Crippen molar-refractivity contribution in [1.82, 2.24) is 23.9 Å². The van der Waals surface area contributed by atoms with Gasteiger partial charge in [-0.2, -0.15) is 0 Å². The number of H-pyrrole nitrogens is 1. The van der Waals surface area contributed by atoms with Gasteiger partial charge < -0.3 is 49.5 Å². The molecule has 5 N–H and O–H groups in total. The number of nitrogen functional groups attached to an aromatic ring is 1. The zero-order chi connectivity index (χ0) is 52.6. The van der Waals surface area contributed by atoms with Gasteiger partial charge in [0.2, 0.25) is 11.8 Å². The van der Waals surface area contributed by atoms with Crippen molar-refractivity contribution in [2.24, 2.45) is 9.98 Å². The Hall–Kier alpha value is -7.21. The van der Waals surface area contributed by atoms with Gasteiger partial charge in [0.05, 0.1) is 40.2 Å². The number of nitrogens with zero attached hydrogens (tertiary/aromatic N) is 6. The normalized spacial score (nSPS) is 18.0. The number of anilines is 1. The molecular formula is C59H72N8O8. The molecule has 396 valence electrons. The lowest BCUT2D eigenvalue weighted by molar-refractivity contribution is -0.185. The summed E-state index contributed by atoms with van der Waals surface area (Å²) in [6, 6.07) is 30.4. The summed E-state index contributed by atoms with van der Waals surface area (Å²) in [4.78, 5) is 54.4. The highest BCUT2D eigenvalue weighted by atomic mass is 16.8.